The van der Waals surface area contributed by atoms with Gasteiger partial charge in [-0.3, -0.25) is 4.79 Å². The Morgan fingerprint density at radius 2 is 2.29 bits per heavy atom. The number of nitrogens with two attached hydrogens (primary N) is 1. The van der Waals surface area contributed by atoms with Gasteiger partial charge in [0, 0.05) is 23.6 Å². The molecule has 0 bridgehead atoms. The number of carbonyl (C=O) groups excluding carboxylic acids is 1. The molecule has 1 aromatic rings. The molecule has 0 aliphatic carbocycles. The molecule has 1 rings (SSSR count). The number of benzene rings is 1. The van der Waals surface area contributed by atoms with Crippen LogP contribution in [-0.4, -0.2) is 19.1 Å². The van der Waals surface area contributed by atoms with Gasteiger partial charge in [0.1, 0.15) is 5.75 Å². The third-order valence-corrected chi connectivity index (χ3v) is 2.54. The maximum Gasteiger partial charge on any atom is 0.228 e. The van der Waals surface area contributed by atoms with Crippen LogP contribution in [0, 0.1) is 5.92 Å². The maximum atomic E-state index is 11.7. The van der Waals surface area contributed by atoms with E-state index in [1.165, 1.54) is 0 Å². The third-order valence-electron chi connectivity index (χ3n) is 2.30. The van der Waals surface area contributed by atoms with E-state index in [4.69, 9.17) is 22.1 Å². The molecule has 0 fully saturated rings. The minimum absolute atomic E-state index is 0.129. The summed E-state index contributed by atoms with van der Waals surface area (Å²) in [6.45, 7) is 4.46. The Hall–Kier alpha value is -1.26. The first-order chi connectivity index (χ1) is 8.08. The zero-order chi connectivity index (χ0) is 12.8. The summed E-state index contributed by atoms with van der Waals surface area (Å²) in [5, 5.41) is 3.34. The lowest BCUT2D eigenvalue weighted by Gasteiger charge is -2.14. The van der Waals surface area contributed by atoms with E-state index in [1.807, 2.05) is 6.92 Å². The fourth-order valence-corrected chi connectivity index (χ4v) is 1.40. The van der Waals surface area contributed by atoms with Crippen LogP contribution in [0.5, 0.6) is 5.75 Å². The van der Waals surface area contributed by atoms with E-state index < -0.39 is 0 Å². The van der Waals surface area contributed by atoms with Crippen LogP contribution in [0.4, 0.5) is 5.69 Å². The average Bonchev–Trinajstić information content (AvgIpc) is 2.31. The Labute approximate surface area is 106 Å². The predicted molar refractivity (Wildman–Crippen MR) is 69.5 cm³/mol. The zero-order valence-electron chi connectivity index (χ0n) is 10.00. The summed E-state index contributed by atoms with van der Waals surface area (Å²) < 4.78 is 5.40. The molecule has 0 aliphatic rings. The smallest absolute Gasteiger partial charge is 0.228 e. The molecule has 0 radical (unpaired) electrons. The largest absolute Gasteiger partial charge is 0.492 e. The van der Waals surface area contributed by atoms with Crippen molar-refractivity contribution in [3.63, 3.8) is 0 Å². The minimum Gasteiger partial charge on any atom is -0.492 e. The summed E-state index contributed by atoms with van der Waals surface area (Å²) in [4.78, 5) is 11.7. The molecule has 94 valence electrons. The van der Waals surface area contributed by atoms with Gasteiger partial charge in [-0.1, -0.05) is 18.5 Å². The molecule has 3 N–H and O–H groups in total. The van der Waals surface area contributed by atoms with Gasteiger partial charge in [0.25, 0.3) is 0 Å². The molecule has 0 heterocycles. The van der Waals surface area contributed by atoms with E-state index >= 15 is 0 Å². The van der Waals surface area contributed by atoms with Crippen molar-refractivity contribution in [1.82, 2.24) is 0 Å². The van der Waals surface area contributed by atoms with Crippen LogP contribution in [0.25, 0.3) is 0 Å². The van der Waals surface area contributed by atoms with Crippen LogP contribution < -0.4 is 15.8 Å². The van der Waals surface area contributed by atoms with E-state index in [0.29, 0.717) is 29.6 Å². The van der Waals surface area contributed by atoms with Crippen LogP contribution in [0.15, 0.2) is 18.2 Å². The van der Waals surface area contributed by atoms with Crippen LogP contribution in [0.2, 0.25) is 5.02 Å². The Morgan fingerprint density at radius 1 is 1.59 bits per heavy atom. The summed E-state index contributed by atoms with van der Waals surface area (Å²) in [6, 6.07) is 5.09. The van der Waals surface area contributed by atoms with Gasteiger partial charge in [0.15, 0.2) is 0 Å². The molecular formula is C12H17ClN2O2. The topological polar surface area (TPSA) is 64.3 Å². The van der Waals surface area contributed by atoms with Crippen LogP contribution >= 0.6 is 11.6 Å². The normalized spacial score (nSPS) is 12.0. The van der Waals surface area contributed by atoms with E-state index in [2.05, 4.69) is 5.32 Å². The molecule has 0 aliphatic heterocycles. The number of anilines is 1. The van der Waals surface area contributed by atoms with Gasteiger partial charge in [0.2, 0.25) is 5.91 Å². The van der Waals surface area contributed by atoms with Gasteiger partial charge in [-0.25, -0.2) is 0 Å². The van der Waals surface area contributed by atoms with Crippen molar-refractivity contribution in [2.75, 3.05) is 18.5 Å². The Bertz CT molecular complexity index is 396. The number of carbonyl (C=O) groups is 1. The van der Waals surface area contributed by atoms with Crippen LogP contribution in [0.1, 0.15) is 13.8 Å². The van der Waals surface area contributed by atoms with E-state index in [0.717, 1.165) is 0 Å². The number of ether oxygens (including phenoxy) is 1. The summed E-state index contributed by atoms with van der Waals surface area (Å²) in [5.74, 6) is 0.202. The molecule has 0 spiro atoms. The highest BCUT2D eigenvalue weighted by Crippen LogP contribution is 2.28. The van der Waals surface area contributed by atoms with Crippen molar-refractivity contribution in [2.24, 2.45) is 11.7 Å². The Kier molecular flexibility index (Phi) is 5.25. The van der Waals surface area contributed by atoms with Gasteiger partial charge in [-0.05, 0) is 19.1 Å². The fraction of sp³-hybridized carbons (Fsp3) is 0.417. The number of nitrogens with one attached hydrogen (secondary N) is 1. The van der Waals surface area contributed by atoms with E-state index in [-0.39, 0.29) is 11.8 Å². The summed E-state index contributed by atoms with van der Waals surface area (Å²) in [7, 11) is 0. The molecule has 4 nitrogen and oxygen atoms in total. The standard InChI is InChI=1S/C12H17ClN2O2/c1-3-17-11-6-9(13)4-5-10(11)15-12(16)8(2)7-14/h4-6,8H,3,7,14H2,1-2H3,(H,15,16). The second-order valence-electron chi connectivity index (χ2n) is 3.70. The molecule has 17 heavy (non-hydrogen) atoms. The zero-order valence-corrected chi connectivity index (χ0v) is 10.8. The van der Waals surface area contributed by atoms with E-state index in [1.54, 1.807) is 25.1 Å². The molecule has 1 atom stereocenters. The van der Waals surface area contributed by atoms with Crippen LogP contribution in [-0.2, 0) is 4.79 Å². The lowest BCUT2D eigenvalue weighted by atomic mass is 10.1. The van der Waals surface area contributed by atoms with Gasteiger partial charge >= 0.3 is 0 Å². The first-order valence-corrected chi connectivity index (χ1v) is 5.89. The molecular weight excluding hydrogens is 240 g/mol. The highest BCUT2D eigenvalue weighted by Gasteiger charge is 2.13. The van der Waals surface area contributed by atoms with Crippen molar-refractivity contribution < 1.29 is 9.53 Å². The first kappa shape index (κ1) is 13.8. The second-order valence-corrected chi connectivity index (χ2v) is 4.14. The van der Waals surface area contributed by atoms with Crippen LogP contribution in [0.3, 0.4) is 0 Å². The van der Waals surface area contributed by atoms with Gasteiger partial charge in [-0.15, -0.1) is 0 Å². The number of rotatable bonds is 5. The number of hydrogen-bond acceptors (Lipinski definition) is 3. The van der Waals surface area contributed by atoms with Crippen molar-refractivity contribution >= 4 is 23.2 Å². The molecule has 0 saturated heterocycles. The quantitative estimate of drug-likeness (QED) is 0.849. The highest BCUT2D eigenvalue weighted by atomic mass is 35.5. The van der Waals surface area contributed by atoms with Crippen molar-refractivity contribution in [3.8, 4) is 5.75 Å². The summed E-state index contributed by atoms with van der Waals surface area (Å²) >= 11 is 5.87. The number of amides is 1. The second kappa shape index (κ2) is 6.47. The van der Waals surface area contributed by atoms with Crippen molar-refractivity contribution in [1.29, 1.82) is 0 Å². The predicted octanol–water partition coefficient (Wildman–Crippen LogP) is 2.27. The molecule has 1 aromatic carbocycles. The molecule has 0 aromatic heterocycles. The lowest BCUT2D eigenvalue weighted by Crippen LogP contribution is -2.26. The lowest BCUT2D eigenvalue weighted by molar-refractivity contribution is -0.119. The maximum absolute atomic E-state index is 11.7. The Balaban J connectivity index is 2.86. The van der Waals surface area contributed by atoms with Crippen molar-refractivity contribution in [2.45, 2.75) is 13.8 Å². The number of halogens is 1. The molecule has 0 saturated carbocycles. The number of hydrogen-bond donors (Lipinski definition) is 2. The molecule has 1 unspecified atom stereocenters. The highest BCUT2D eigenvalue weighted by molar-refractivity contribution is 6.30. The first-order valence-electron chi connectivity index (χ1n) is 5.51. The average molecular weight is 257 g/mol. The monoisotopic (exact) mass is 256 g/mol. The molecule has 5 heteroatoms. The van der Waals surface area contributed by atoms with Gasteiger partial charge in [-0.2, -0.15) is 0 Å². The third kappa shape index (κ3) is 3.91. The summed E-state index contributed by atoms with van der Waals surface area (Å²) in [6.07, 6.45) is 0. The molecule has 1 amide bonds. The SMILES string of the molecule is CCOc1cc(Cl)ccc1NC(=O)C(C)CN. The van der Waals surface area contributed by atoms with Gasteiger partial charge in [0.05, 0.1) is 12.3 Å². The summed E-state index contributed by atoms with van der Waals surface area (Å²) in [5.41, 5.74) is 6.05. The van der Waals surface area contributed by atoms with Crippen molar-refractivity contribution in [3.05, 3.63) is 23.2 Å². The fourth-order valence-electron chi connectivity index (χ4n) is 1.24. The van der Waals surface area contributed by atoms with Gasteiger partial charge < -0.3 is 15.8 Å². The Morgan fingerprint density at radius 3 is 2.88 bits per heavy atom. The minimum atomic E-state index is -0.236. The van der Waals surface area contributed by atoms with E-state index in [9.17, 15) is 4.79 Å².